The first-order valence-electron chi connectivity index (χ1n) is 6.58. The van der Waals surface area contributed by atoms with Crippen LogP contribution in [-0.2, 0) is 9.31 Å². The number of ether oxygens (including phenoxy) is 1. The van der Waals surface area contributed by atoms with E-state index in [0.717, 1.165) is 5.56 Å². The van der Waals surface area contributed by atoms with Crippen LogP contribution in [0.5, 0.6) is 5.75 Å². The van der Waals surface area contributed by atoms with Crippen LogP contribution in [0, 0.1) is 0 Å². The SMILES string of the molecule is COc1c(N)cncc1/C=C/B1OC(C)(C)C(C)(C)O1. The van der Waals surface area contributed by atoms with E-state index in [1.165, 1.54) is 0 Å². The summed E-state index contributed by atoms with van der Waals surface area (Å²) < 4.78 is 17.1. The van der Waals surface area contributed by atoms with E-state index in [1.807, 2.05) is 39.7 Å². The zero-order chi connectivity index (χ0) is 15.0. The Morgan fingerprint density at radius 1 is 1.20 bits per heavy atom. The molecule has 20 heavy (non-hydrogen) atoms. The molecule has 2 N–H and O–H groups in total. The maximum Gasteiger partial charge on any atom is 0.487 e. The van der Waals surface area contributed by atoms with Gasteiger partial charge in [0.15, 0.2) is 5.75 Å². The number of hydrogen-bond donors (Lipinski definition) is 1. The third kappa shape index (κ3) is 2.67. The maximum absolute atomic E-state index is 5.89. The second-order valence-corrected chi connectivity index (χ2v) is 5.84. The van der Waals surface area contributed by atoms with Crippen molar-refractivity contribution in [3.63, 3.8) is 0 Å². The molecule has 0 bridgehead atoms. The lowest BCUT2D eigenvalue weighted by Gasteiger charge is -2.32. The molecule has 5 nitrogen and oxygen atoms in total. The van der Waals surface area contributed by atoms with Crippen molar-refractivity contribution in [1.82, 2.24) is 4.98 Å². The van der Waals surface area contributed by atoms with E-state index >= 15 is 0 Å². The van der Waals surface area contributed by atoms with Crippen molar-refractivity contribution in [3.8, 4) is 5.75 Å². The number of nitrogen functional groups attached to an aromatic ring is 1. The lowest BCUT2D eigenvalue weighted by Crippen LogP contribution is -2.41. The Hall–Kier alpha value is -1.53. The molecule has 2 rings (SSSR count). The Bertz CT molecular complexity index is 513. The number of methoxy groups -OCH3 is 1. The average molecular weight is 276 g/mol. The summed E-state index contributed by atoms with van der Waals surface area (Å²) in [5.41, 5.74) is 6.42. The zero-order valence-corrected chi connectivity index (χ0v) is 12.6. The predicted octanol–water partition coefficient (Wildman–Crippen LogP) is 2.32. The molecule has 1 saturated heterocycles. The molecule has 2 heterocycles. The molecule has 0 unspecified atom stereocenters. The Morgan fingerprint density at radius 2 is 1.80 bits per heavy atom. The molecule has 0 atom stereocenters. The van der Waals surface area contributed by atoms with E-state index in [1.54, 1.807) is 19.5 Å². The molecule has 0 aromatic carbocycles. The molecule has 6 heteroatoms. The molecule has 0 saturated carbocycles. The van der Waals surface area contributed by atoms with Crippen LogP contribution in [0.1, 0.15) is 33.3 Å². The molecule has 1 aliphatic rings. The Labute approximate surface area is 120 Å². The van der Waals surface area contributed by atoms with Gasteiger partial charge in [0.25, 0.3) is 0 Å². The van der Waals surface area contributed by atoms with Crippen LogP contribution < -0.4 is 10.5 Å². The van der Waals surface area contributed by atoms with E-state index in [2.05, 4.69) is 4.98 Å². The van der Waals surface area contributed by atoms with Gasteiger partial charge >= 0.3 is 7.12 Å². The summed E-state index contributed by atoms with van der Waals surface area (Å²) in [7, 11) is 1.18. The third-order valence-electron chi connectivity index (χ3n) is 3.86. The van der Waals surface area contributed by atoms with Crippen LogP contribution in [0.15, 0.2) is 18.4 Å². The quantitative estimate of drug-likeness (QED) is 0.858. The summed E-state index contributed by atoms with van der Waals surface area (Å²) in [5, 5.41) is 0. The monoisotopic (exact) mass is 276 g/mol. The highest BCUT2D eigenvalue weighted by atomic mass is 16.7. The van der Waals surface area contributed by atoms with Gasteiger partial charge in [0.2, 0.25) is 0 Å². The molecule has 0 aliphatic carbocycles. The minimum Gasteiger partial charge on any atom is -0.494 e. The highest BCUT2D eigenvalue weighted by Crippen LogP contribution is 2.37. The van der Waals surface area contributed by atoms with Gasteiger partial charge in [0.1, 0.15) is 0 Å². The maximum atomic E-state index is 5.89. The van der Waals surface area contributed by atoms with Crippen molar-refractivity contribution in [2.75, 3.05) is 12.8 Å². The summed E-state index contributed by atoms with van der Waals surface area (Å²) >= 11 is 0. The fraction of sp³-hybridized carbons (Fsp3) is 0.500. The highest BCUT2D eigenvalue weighted by Gasteiger charge is 2.50. The number of anilines is 1. The zero-order valence-electron chi connectivity index (χ0n) is 12.6. The first kappa shape index (κ1) is 14.9. The van der Waals surface area contributed by atoms with E-state index < -0.39 is 7.12 Å². The summed E-state index contributed by atoms with van der Waals surface area (Å²) in [6.07, 6.45) is 5.10. The second kappa shape index (κ2) is 5.11. The van der Waals surface area contributed by atoms with Gasteiger partial charge in [-0.3, -0.25) is 4.98 Å². The number of aromatic nitrogens is 1. The molecule has 0 spiro atoms. The van der Waals surface area contributed by atoms with Crippen molar-refractivity contribution < 1.29 is 14.0 Å². The minimum atomic E-state index is -0.397. The topological polar surface area (TPSA) is 66.6 Å². The average Bonchev–Trinajstić information content (AvgIpc) is 2.55. The van der Waals surface area contributed by atoms with Gasteiger partial charge in [0.05, 0.1) is 30.2 Å². The second-order valence-electron chi connectivity index (χ2n) is 5.84. The van der Waals surface area contributed by atoms with E-state index in [9.17, 15) is 0 Å². The fourth-order valence-electron chi connectivity index (χ4n) is 1.99. The molecule has 0 amide bonds. The minimum absolute atomic E-state index is 0.347. The van der Waals surface area contributed by atoms with Gasteiger partial charge in [-0.15, -0.1) is 0 Å². The molecule has 1 aromatic rings. The van der Waals surface area contributed by atoms with Gasteiger partial charge in [0, 0.05) is 11.8 Å². The smallest absolute Gasteiger partial charge is 0.487 e. The van der Waals surface area contributed by atoms with Crippen molar-refractivity contribution in [1.29, 1.82) is 0 Å². The lowest BCUT2D eigenvalue weighted by molar-refractivity contribution is 0.00578. The molecule has 1 fully saturated rings. The Kier molecular flexibility index (Phi) is 3.80. The van der Waals surface area contributed by atoms with Gasteiger partial charge in [-0.1, -0.05) is 12.1 Å². The molecule has 1 aliphatic heterocycles. The molecule has 1 aromatic heterocycles. The van der Waals surface area contributed by atoms with E-state index in [-0.39, 0.29) is 11.2 Å². The van der Waals surface area contributed by atoms with Gasteiger partial charge in [-0.2, -0.15) is 0 Å². The fourth-order valence-corrected chi connectivity index (χ4v) is 1.99. The van der Waals surface area contributed by atoms with E-state index in [4.69, 9.17) is 19.8 Å². The van der Waals surface area contributed by atoms with Crippen LogP contribution >= 0.6 is 0 Å². The first-order valence-corrected chi connectivity index (χ1v) is 6.58. The normalized spacial score (nSPS) is 20.6. The predicted molar refractivity (Wildman–Crippen MR) is 80.3 cm³/mol. The number of nitrogens with zero attached hydrogens (tertiary/aromatic N) is 1. The summed E-state index contributed by atoms with van der Waals surface area (Å²) in [4.78, 5) is 4.06. The van der Waals surface area contributed by atoms with Gasteiger partial charge in [-0.05, 0) is 27.7 Å². The number of nitrogens with two attached hydrogens (primary N) is 1. The van der Waals surface area contributed by atoms with Crippen LogP contribution in [0.25, 0.3) is 6.08 Å². The van der Waals surface area contributed by atoms with Crippen LogP contribution in [0.3, 0.4) is 0 Å². The van der Waals surface area contributed by atoms with Gasteiger partial charge < -0.3 is 19.8 Å². The van der Waals surface area contributed by atoms with Crippen molar-refractivity contribution in [3.05, 3.63) is 23.9 Å². The first-order chi connectivity index (χ1) is 9.27. The van der Waals surface area contributed by atoms with Crippen LogP contribution in [0.2, 0.25) is 0 Å². The van der Waals surface area contributed by atoms with Crippen molar-refractivity contribution in [2.45, 2.75) is 38.9 Å². The van der Waals surface area contributed by atoms with Gasteiger partial charge in [-0.25, -0.2) is 0 Å². The Morgan fingerprint density at radius 3 is 2.35 bits per heavy atom. The summed E-state index contributed by atoms with van der Waals surface area (Å²) in [6, 6.07) is 0. The van der Waals surface area contributed by atoms with Crippen LogP contribution in [0.4, 0.5) is 5.69 Å². The highest BCUT2D eigenvalue weighted by molar-refractivity contribution is 6.52. The Balaban J connectivity index is 2.18. The third-order valence-corrected chi connectivity index (χ3v) is 3.86. The number of rotatable bonds is 3. The molecule has 0 radical (unpaired) electrons. The van der Waals surface area contributed by atoms with Crippen molar-refractivity contribution in [2.24, 2.45) is 0 Å². The lowest BCUT2D eigenvalue weighted by atomic mass is 9.89. The largest absolute Gasteiger partial charge is 0.494 e. The number of hydrogen-bond acceptors (Lipinski definition) is 5. The standard InChI is InChI=1S/C14H21BN2O3/c1-13(2)14(3,4)20-15(19-13)7-6-10-8-17-9-11(16)12(10)18-5/h6-9H,16H2,1-5H3/b7-6+. The van der Waals surface area contributed by atoms with Crippen molar-refractivity contribution >= 4 is 18.9 Å². The van der Waals surface area contributed by atoms with E-state index in [0.29, 0.717) is 11.4 Å². The molecular weight excluding hydrogens is 255 g/mol. The number of pyridine rings is 1. The van der Waals surface area contributed by atoms with Crippen LogP contribution in [-0.4, -0.2) is 30.4 Å². The molecular formula is C14H21BN2O3. The summed E-state index contributed by atoms with van der Waals surface area (Å²) in [5.74, 6) is 2.45. The molecule has 108 valence electrons. The summed E-state index contributed by atoms with van der Waals surface area (Å²) in [6.45, 7) is 8.07.